The fourth-order valence-electron chi connectivity index (χ4n) is 3.58. The molecular weight excluding hydrogens is 218 g/mol. The normalized spacial score (nSPS) is 28.8. The predicted octanol–water partition coefficient (Wildman–Crippen LogP) is 5.14. The third-order valence-corrected chi connectivity index (χ3v) is 5.28. The lowest BCUT2D eigenvalue weighted by atomic mass is 9.66. The zero-order valence-corrected chi connectivity index (χ0v) is 13.0. The van der Waals surface area contributed by atoms with Gasteiger partial charge in [-0.3, -0.25) is 0 Å². The molecule has 0 heterocycles. The van der Waals surface area contributed by atoms with Crippen molar-refractivity contribution in [2.45, 2.75) is 85.0 Å². The van der Waals surface area contributed by atoms with E-state index < -0.39 is 0 Å². The van der Waals surface area contributed by atoms with Gasteiger partial charge in [0.25, 0.3) is 0 Å². The van der Waals surface area contributed by atoms with Crippen molar-refractivity contribution in [2.24, 2.45) is 23.0 Å². The Morgan fingerprint density at radius 3 is 2.17 bits per heavy atom. The van der Waals surface area contributed by atoms with Gasteiger partial charge in [0.2, 0.25) is 0 Å². The van der Waals surface area contributed by atoms with Crippen LogP contribution in [0.25, 0.3) is 0 Å². The van der Waals surface area contributed by atoms with E-state index in [4.69, 9.17) is 5.73 Å². The quantitative estimate of drug-likeness (QED) is 0.596. The molecule has 0 spiro atoms. The van der Waals surface area contributed by atoms with Crippen LogP contribution >= 0.6 is 0 Å². The minimum absolute atomic E-state index is 0.512. The summed E-state index contributed by atoms with van der Waals surface area (Å²) in [5.41, 5.74) is 6.61. The molecule has 0 bridgehead atoms. The summed E-state index contributed by atoms with van der Waals surface area (Å²) >= 11 is 0. The van der Waals surface area contributed by atoms with Gasteiger partial charge in [-0.25, -0.2) is 0 Å². The lowest BCUT2D eigenvalue weighted by Gasteiger charge is -2.41. The average molecular weight is 253 g/mol. The Kier molecular flexibility index (Phi) is 7.29. The highest BCUT2D eigenvalue weighted by Crippen LogP contribution is 2.44. The molecule has 0 saturated heterocycles. The van der Waals surface area contributed by atoms with Gasteiger partial charge >= 0.3 is 0 Å². The molecule has 0 unspecified atom stereocenters. The summed E-state index contributed by atoms with van der Waals surface area (Å²) in [4.78, 5) is 0. The van der Waals surface area contributed by atoms with Gasteiger partial charge in [0, 0.05) is 0 Å². The number of nitrogens with two attached hydrogens (primary N) is 1. The first-order valence-corrected chi connectivity index (χ1v) is 8.33. The second-order valence-electron chi connectivity index (χ2n) is 6.95. The van der Waals surface area contributed by atoms with Crippen LogP contribution in [0.1, 0.15) is 85.0 Å². The standard InChI is InChI=1S/C17H35N/c1-4-5-6-7-8-11-17(14-18)12-9-16(10-13-17)15(2)3/h15-16H,4-14,18H2,1-3H3. The summed E-state index contributed by atoms with van der Waals surface area (Å²) < 4.78 is 0. The maximum atomic E-state index is 6.10. The van der Waals surface area contributed by atoms with Crippen LogP contribution in [0, 0.1) is 17.3 Å². The average Bonchev–Trinajstić information content (AvgIpc) is 2.39. The largest absolute Gasteiger partial charge is 0.330 e. The second-order valence-corrected chi connectivity index (χ2v) is 6.95. The van der Waals surface area contributed by atoms with Gasteiger partial charge in [0.1, 0.15) is 0 Å². The maximum Gasteiger partial charge on any atom is -0.00205 e. The third-order valence-electron chi connectivity index (χ3n) is 5.28. The van der Waals surface area contributed by atoms with Gasteiger partial charge in [0.15, 0.2) is 0 Å². The van der Waals surface area contributed by atoms with Crippen molar-refractivity contribution in [1.29, 1.82) is 0 Å². The molecule has 0 aromatic heterocycles. The summed E-state index contributed by atoms with van der Waals surface area (Å²) in [5, 5.41) is 0. The first-order chi connectivity index (χ1) is 8.63. The molecule has 108 valence electrons. The van der Waals surface area contributed by atoms with Crippen LogP contribution in [-0.2, 0) is 0 Å². The fourth-order valence-corrected chi connectivity index (χ4v) is 3.58. The Morgan fingerprint density at radius 2 is 1.67 bits per heavy atom. The van der Waals surface area contributed by atoms with Crippen LogP contribution in [0.2, 0.25) is 0 Å². The SMILES string of the molecule is CCCCCCCC1(CN)CCC(C(C)C)CC1. The van der Waals surface area contributed by atoms with E-state index >= 15 is 0 Å². The molecular formula is C17H35N. The highest BCUT2D eigenvalue weighted by Gasteiger charge is 2.34. The lowest BCUT2D eigenvalue weighted by Crippen LogP contribution is -2.35. The van der Waals surface area contributed by atoms with Crippen molar-refractivity contribution in [3.05, 3.63) is 0 Å². The van der Waals surface area contributed by atoms with E-state index in [1.54, 1.807) is 0 Å². The van der Waals surface area contributed by atoms with E-state index in [0.29, 0.717) is 5.41 Å². The van der Waals surface area contributed by atoms with E-state index in [0.717, 1.165) is 18.4 Å². The molecule has 1 heteroatoms. The Balaban J connectivity index is 2.27. The molecule has 18 heavy (non-hydrogen) atoms. The Bertz CT molecular complexity index is 202. The van der Waals surface area contributed by atoms with Gasteiger partial charge in [-0.15, -0.1) is 0 Å². The van der Waals surface area contributed by atoms with Crippen molar-refractivity contribution in [3.63, 3.8) is 0 Å². The van der Waals surface area contributed by atoms with Gasteiger partial charge in [-0.1, -0.05) is 52.9 Å². The first kappa shape index (κ1) is 16.0. The van der Waals surface area contributed by atoms with Gasteiger partial charge in [-0.05, 0) is 55.9 Å². The molecule has 1 aliphatic carbocycles. The first-order valence-electron chi connectivity index (χ1n) is 8.33. The summed E-state index contributed by atoms with van der Waals surface area (Å²) in [6.07, 6.45) is 14.0. The van der Waals surface area contributed by atoms with Crippen molar-refractivity contribution in [3.8, 4) is 0 Å². The predicted molar refractivity (Wildman–Crippen MR) is 81.7 cm³/mol. The lowest BCUT2D eigenvalue weighted by molar-refractivity contribution is 0.119. The van der Waals surface area contributed by atoms with Crippen molar-refractivity contribution >= 4 is 0 Å². The summed E-state index contributed by atoms with van der Waals surface area (Å²) in [6, 6.07) is 0. The minimum Gasteiger partial charge on any atom is -0.330 e. The summed E-state index contributed by atoms with van der Waals surface area (Å²) in [7, 11) is 0. The molecule has 1 nitrogen and oxygen atoms in total. The zero-order valence-electron chi connectivity index (χ0n) is 13.0. The topological polar surface area (TPSA) is 26.0 Å². The Labute approximate surface area is 115 Å². The number of unbranched alkanes of at least 4 members (excludes halogenated alkanes) is 4. The van der Waals surface area contributed by atoms with Crippen LogP contribution in [0.4, 0.5) is 0 Å². The van der Waals surface area contributed by atoms with Crippen LogP contribution in [0.3, 0.4) is 0 Å². The van der Waals surface area contributed by atoms with E-state index in [1.165, 1.54) is 64.2 Å². The molecule has 0 aliphatic heterocycles. The minimum atomic E-state index is 0.512. The highest BCUT2D eigenvalue weighted by molar-refractivity contribution is 4.87. The molecule has 2 N–H and O–H groups in total. The fraction of sp³-hybridized carbons (Fsp3) is 1.00. The van der Waals surface area contributed by atoms with Crippen molar-refractivity contribution in [1.82, 2.24) is 0 Å². The summed E-state index contributed by atoms with van der Waals surface area (Å²) in [6.45, 7) is 7.97. The van der Waals surface area contributed by atoms with Crippen LogP contribution in [-0.4, -0.2) is 6.54 Å². The molecule has 1 rings (SSSR count). The maximum absolute atomic E-state index is 6.10. The molecule has 1 saturated carbocycles. The number of hydrogen-bond acceptors (Lipinski definition) is 1. The Morgan fingerprint density at radius 1 is 1.06 bits per heavy atom. The summed E-state index contributed by atoms with van der Waals surface area (Å²) in [5.74, 6) is 1.83. The molecule has 0 aromatic rings. The molecule has 1 fully saturated rings. The smallest absolute Gasteiger partial charge is 0.00205 e. The van der Waals surface area contributed by atoms with Crippen LogP contribution in [0.5, 0.6) is 0 Å². The van der Waals surface area contributed by atoms with Crippen molar-refractivity contribution < 1.29 is 0 Å². The molecule has 1 aliphatic rings. The molecule has 0 aromatic carbocycles. The van der Waals surface area contributed by atoms with E-state index in [2.05, 4.69) is 20.8 Å². The van der Waals surface area contributed by atoms with Crippen LogP contribution < -0.4 is 5.73 Å². The monoisotopic (exact) mass is 253 g/mol. The molecule has 0 atom stereocenters. The van der Waals surface area contributed by atoms with E-state index in [-0.39, 0.29) is 0 Å². The molecule has 0 radical (unpaired) electrons. The van der Waals surface area contributed by atoms with Crippen LogP contribution in [0.15, 0.2) is 0 Å². The van der Waals surface area contributed by atoms with Gasteiger partial charge in [0.05, 0.1) is 0 Å². The zero-order chi connectivity index (χ0) is 13.4. The van der Waals surface area contributed by atoms with Gasteiger partial charge in [-0.2, -0.15) is 0 Å². The third kappa shape index (κ3) is 4.91. The second kappa shape index (κ2) is 8.19. The Hall–Kier alpha value is -0.0400. The van der Waals surface area contributed by atoms with E-state index in [9.17, 15) is 0 Å². The van der Waals surface area contributed by atoms with Crippen molar-refractivity contribution in [2.75, 3.05) is 6.54 Å². The number of hydrogen-bond donors (Lipinski definition) is 1. The van der Waals surface area contributed by atoms with E-state index in [1.807, 2.05) is 0 Å². The number of rotatable bonds is 8. The highest BCUT2D eigenvalue weighted by atomic mass is 14.6. The molecule has 0 amide bonds. The van der Waals surface area contributed by atoms with Gasteiger partial charge < -0.3 is 5.73 Å².